The van der Waals surface area contributed by atoms with Crippen molar-refractivity contribution < 1.29 is 0 Å². The van der Waals surface area contributed by atoms with Gasteiger partial charge in [0.15, 0.2) is 0 Å². The summed E-state index contributed by atoms with van der Waals surface area (Å²) in [5.74, 6) is 0. The fourth-order valence-corrected chi connectivity index (χ4v) is 3.36. The number of nitrogens with zero attached hydrogens (tertiary/aromatic N) is 1. The molecule has 1 heterocycles. The first-order valence-electron chi connectivity index (χ1n) is 9.40. The van der Waals surface area contributed by atoms with Crippen molar-refractivity contribution in [1.29, 1.82) is 0 Å². The number of aromatic nitrogens is 1. The van der Waals surface area contributed by atoms with E-state index in [2.05, 4.69) is 59.9 Å². The summed E-state index contributed by atoms with van der Waals surface area (Å²) >= 11 is 0. The molecule has 3 N–H and O–H groups in total. The van der Waals surface area contributed by atoms with Crippen LogP contribution in [0, 0.1) is 0 Å². The number of pyridine rings is 1. The Balaban J connectivity index is 1.79. The monoisotopic (exact) mass is 365 g/mol. The minimum Gasteiger partial charge on any atom is -0.399 e. The predicted octanol–water partition coefficient (Wildman–Crippen LogP) is 5.63. The third-order valence-corrected chi connectivity index (χ3v) is 4.76. The second kappa shape index (κ2) is 7.97. The minimum absolute atomic E-state index is 0.743. The lowest BCUT2D eigenvalue weighted by Gasteiger charge is -2.11. The maximum atomic E-state index is 6.00. The second-order valence-corrected chi connectivity index (χ2v) is 6.86. The van der Waals surface area contributed by atoms with Crippen molar-refractivity contribution in [3.05, 3.63) is 102 Å². The minimum atomic E-state index is 0.743. The SMILES string of the molecule is CNc1cccc(Cc2cc(-c3ccccc3)nc(-c3cccc(N)c3)c2)c1. The molecule has 0 amide bonds. The summed E-state index contributed by atoms with van der Waals surface area (Å²) < 4.78 is 0. The average molecular weight is 365 g/mol. The van der Waals surface area contributed by atoms with Crippen molar-refractivity contribution in [2.45, 2.75) is 6.42 Å². The highest BCUT2D eigenvalue weighted by molar-refractivity contribution is 5.69. The summed E-state index contributed by atoms with van der Waals surface area (Å²) in [4.78, 5) is 4.92. The lowest BCUT2D eigenvalue weighted by molar-refractivity contribution is 1.17. The summed E-state index contributed by atoms with van der Waals surface area (Å²) in [6.07, 6.45) is 0.840. The number of rotatable bonds is 5. The Hall–Kier alpha value is -3.59. The van der Waals surface area contributed by atoms with Gasteiger partial charge in [0.1, 0.15) is 0 Å². The first kappa shape index (κ1) is 17.8. The molecular formula is C25H23N3. The van der Waals surface area contributed by atoms with Crippen LogP contribution in [0.4, 0.5) is 11.4 Å². The Bertz CT molecular complexity index is 1090. The Morgan fingerprint density at radius 2 is 1.43 bits per heavy atom. The lowest BCUT2D eigenvalue weighted by atomic mass is 9.99. The zero-order valence-electron chi connectivity index (χ0n) is 15.9. The molecule has 0 aliphatic carbocycles. The summed E-state index contributed by atoms with van der Waals surface area (Å²) in [5, 5.41) is 3.21. The number of hydrogen-bond acceptors (Lipinski definition) is 3. The van der Waals surface area contributed by atoms with Crippen molar-refractivity contribution >= 4 is 11.4 Å². The lowest BCUT2D eigenvalue weighted by Crippen LogP contribution is -1.96. The molecule has 4 aromatic rings. The highest BCUT2D eigenvalue weighted by Crippen LogP contribution is 2.27. The molecule has 0 bridgehead atoms. The van der Waals surface area contributed by atoms with Crippen LogP contribution in [0.2, 0.25) is 0 Å². The molecule has 0 unspecified atom stereocenters. The quantitative estimate of drug-likeness (QED) is 0.451. The Morgan fingerprint density at radius 1 is 0.714 bits per heavy atom. The summed E-state index contributed by atoms with van der Waals surface area (Å²) in [6.45, 7) is 0. The third-order valence-electron chi connectivity index (χ3n) is 4.76. The first-order valence-corrected chi connectivity index (χ1v) is 9.40. The van der Waals surface area contributed by atoms with E-state index in [0.29, 0.717) is 0 Å². The average Bonchev–Trinajstić information content (AvgIpc) is 2.74. The van der Waals surface area contributed by atoms with Crippen LogP contribution in [0.3, 0.4) is 0 Å². The van der Waals surface area contributed by atoms with Crippen LogP contribution in [0.25, 0.3) is 22.5 Å². The maximum absolute atomic E-state index is 6.00. The van der Waals surface area contributed by atoms with Crippen LogP contribution >= 0.6 is 0 Å². The molecule has 0 aliphatic heterocycles. The van der Waals surface area contributed by atoms with Gasteiger partial charge in [-0.25, -0.2) is 4.98 Å². The fourth-order valence-electron chi connectivity index (χ4n) is 3.36. The van der Waals surface area contributed by atoms with Gasteiger partial charge < -0.3 is 11.1 Å². The van der Waals surface area contributed by atoms with E-state index in [4.69, 9.17) is 10.7 Å². The largest absolute Gasteiger partial charge is 0.399 e. The normalized spacial score (nSPS) is 10.6. The van der Waals surface area contributed by atoms with Gasteiger partial charge in [0, 0.05) is 29.5 Å². The van der Waals surface area contributed by atoms with Gasteiger partial charge in [0.25, 0.3) is 0 Å². The van der Waals surface area contributed by atoms with Gasteiger partial charge >= 0.3 is 0 Å². The standard InChI is InChI=1S/C25H23N3/c1-27-23-12-5-7-18(14-23)13-19-15-24(20-8-3-2-4-9-20)28-25(16-19)21-10-6-11-22(26)17-21/h2-12,14-17,27H,13,26H2,1H3. The summed E-state index contributed by atoms with van der Waals surface area (Å²) in [6, 6.07) is 31.0. The Morgan fingerprint density at radius 3 is 2.18 bits per heavy atom. The van der Waals surface area contributed by atoms with Gasteiger partial charge in [0.2, 0.25) is 0 Å². The number of benzene rings is 3. The van der Waals surface area contributed by atoms with Crippen LogP contribution < -0.4 is 11.1 Å². The smallest absolute Gasteiger partial charge is 0.0713 e. The predicted molar refractivity (Wildman–Crippen MR) is 118 cm³/mol. The van der Waals surface area contributed by atoms with Gasteiger partial charge in [-0.3, -0.25) is 0 Å². The molecule has 3 heteroatoms. The van der Waals surface area contributed by atoms with Crippen molar-refractivity contribution in [3.63, 3.8) is 0 Å². The molecule has 1 aromatic heterocycles. The van der Waals surface area contributed by atoms with Crippen LogP contribution in [-0.4, -0.2) is 12.0 Å². The molecule has 0 aliphatic rings. The topological polar surface area (TPSA) is 50.9 Å². The summed E-state index contributed by atoms with van der Waals surface area (Å²) in [7, 11) is 1.94. The van der Waals surface area contributed by atoms with E-state index in [1.165, 1.54) is 11.1 Å². The van der Waals surface area contributed by atoms with Gasteiger partial charge in [-0.2, -0.15) is 0 Å². The van der Waals surface area contributed by atoms with Crippen molar-refractivity contribution in [2.75, 3.05) is 18.1 Å². The molecule has 3 aromatic carbocycles. The second-order valence-electron chi connectivity index (χ2n) is 6.86. The Kier molecular flexibility index (Phi) is 5.07. The molecule has 3 nitrogen and oxygen atoms in total. The number of nitrogen functional groups attached to an aromatic ring is 1. The van der Waals surface area contributed by atoms with Crippen LogP contribution in [0.5, 0.6) is 0 Å². The summed E-state index contributed by atoms with van der Waals surface area (Å²) in [5.41, 5.74) is 14.4. The molecule has 0 saturated carbocycles. The van der Waals surface area contributed by atoms with Gasteiger partial charge in [-0.1, -0.05) is 54.6 Å². The van der Waals surface area contributed by atoms with Crippen LogP contribution in [0.15, 0.2) is 91.0 Å². The molecule has 0 fully saturated rings. The zero-order chi connectivity index (χ0) is 19.3. The highest BCUT2D eigenvalue weighted by Gasteiger charge is 2.08. The third kappa shape index (κ3) is 4.04. The molecule has 4 rings (SSSR count). The Labute approximate surface area is 165 Å². The molecule has 0 spiro atoms. The number of anilines is 2. The molecule has 138 valence electrons. The van der Waals surface area contributed by atoms with E-state index < -0.39 is 0 Å². The number of nitrogens with two attached hydrogens (primary N) is 1. The number of nitrogens with one attached hydrogen (secondary N) is 1. The maximum Gasteiger partial charge on any atom is 0.0713 e. The zero-order valence-corrected chi connectivity index (χ0v) is 15.9. The van der Waals surface area contributed by atoms with Crippen molar-refractivity contribution in [1.82, 2.24) is 4.98 Å². The molecule has 0 radical (unpaired) electrons. The molecular weight excluding hydrogens is 342 g/mol. The molecule has 0 atom stereocenters. The van der Waals surface area contributed by atoms with Crippen LogP contribution in [0.1, 0.15) is 11.1 Å². The van der Waals surface area contributed by atoms with E-state index in [9.17, 15) is 0 Å². The van der Waals surface area contributed by atoms with E-state index >= 15 is 0 Å². The van der Waals surface area contributed by atoms with E-state index in [1.807, 2.05) is 43.4 Å². The molecule has 0 saturated heterocycles. The van der Waals surface area contributed by atoms with Gasteiger partial charge in [0.05, 0.1) is 11.4 Å². The van der Waals surface area contributed by atoms with Gasteiger partial charge in [-0.15, -0.1) is 0 Å². The fraction of sp³-hybridized carbons (Fsp3) is 0.0800. The van der Waals surface area contributed by atoms with E-state index in [-0.39, 0.29) is 0 Å². The number of hydrogen-bond donors (Lipinski definition) is 2. The van der Waals surface area contributed by atoms with E-state index in [0.717, 1.165) is 40.3 Å². The van der Waals surface area contributed by atoms with Gasteiger partial charge in [-0.05, 0) is 53.9 Å². The van der Waals surface area contributed by atoms with Crippen molar-refractivity contribution in [3.8, 4) is 22.5 Å². The molecule has 28 heavy (non-hydrogen) atoms. The van der Waals surface area contributed by atoms with E-state index in [1.54, 1.807) is 0 Å². The first-order chi connectivity index (χ1) is 13.7. The van der Waals surface area contributed by atoms with Crippen molar-refractivity contribution in [2.24, 2.45) is 0 Å². The van der Waals surface area contributed by atoms with Crippen LogP contribution in [-0.2, 0) is 6.42 Å². The highest BCUT2D eigenvalue weighted by atomic mass is 14.8.